The Bertz CT molecular complexity index is 446. The van der Waals surface area contributed by atoms with Gasteiger partial charge in [-0.05, 0) is 26.2 Å². The quantitative estimate of drug-likeness (QED) is 0.212. The van der Waals surface area contributed by atoms with Crippen molar-refractivity contribution in [1.82, 2.24) is 16.0 Å². The number of nitrogens with zero attached hydrogens (tertiary/aromatic N) is 1. The van der Waals surface area contributed by atoms with Gasteiger partial charge in [0.2, 0.25) is 5.91 Å². The largest absolute Gasteiger partial charge is 0.357 e. The van der Waals surface area contributed by atoms with Crippen molar-refractivity contribution in [1.29, 1.82) is 0 Å². The van der Waals surface area contributed by atoms with Crippen LogP contribution in [0, 0.1) is 5.92 Å². The Morgan fingerprint density at radius 2 is 1.96 bits per heavy atom. The summed E-state index contributed by atoms with van der Waals surface area (Å²) in [6.07, 6.45) is 4.20. The molecule has 1 amide bonds. The van der Waals surface area contributed by atoms with Crippen molar-refractivity contribution in [2.24, 2.45) is 10.9 Å². The zero-order chi connectivity index (χ0) is 17.9. The maximum atomic E-state index is 12.1. The zero-order valence-corrected chi connectivity index (χ0v) is 19.1. The molecule has 148 valence electrons. The summed E-state index contributed by atoms with van der Waals surface area (Å²) in [6.45, 7) is 9.67. The molecule has 0 aromatic heterocycles. The molecule has 0 saturated heterocycles. The van der Waals surface area contributed by atoms with E-state index in [9.17, 15) is 9.00 Å². The molecule has 0 aromatic carbocycles. The van der Waals surface area contributed by atoms with E-state index in [4.69, 9.17) is 0 Å². The van der Waals surface area contributed by atoms with Crippen molar-refractivity contribution in [2.45, 2.75) is 64.7 Å². The summed E-state index contributed by atoms with van der Waals surface area (Å²) in [6, 6.07) is 0.322. The smallest absolute Gasteiger partial charge is 0.222 e. The topological polar surface area (TPSA) is 82.6 Å². The molecule has 8 heteroatoms. The lowest BCUT2D eigenvalue weighted by molar-refractivity contribution is -0.123. The van der Waals surface area contributed by atoms with Crippen molar-refractivity contribution in [3.63, 3.8) is 0 Å². The Morgan fingerprint density at radius 1 is 1.24 bits per heavy atom. The highest BCUT2D eigenvalue weighted by Gasteiger charge is 2.25. The summed E-state index contributed by atoms with van der Waals surface area (Å²) in [4.78, 5) is 16.1. The first-order valence-corrected chi connectivity index (χ1v) is 10.6. The van der Waals surface area contributed by atoms with Crippen LogP contribution in [0.25, 0.3) is 0 Å². The van der Waals surface area contributed by atoms with Crippen LogP contribution >= 0.6 is 24.0 Å². The number of carbonyl (C=O) groups excluding carboxylic acids is 1. The van der Waals surface area contributed by atoms with E-state index in [0.717, 1.165) is 43.9 Å². The average molecular weight is 486 g/mol. The van der Waals surface area contributed by atoms with E-state index in [2.05, 4.69) is 20.9 Å². The van der Waals surface area contributed by atoms with Gasteiger partial charge in [-0.3, -0.25) is 14.0 Å². The Labute approximate surface area is 172 Å². The minimum atomic E-state index is -0.717. The number of guanidine groups is 1. The van der Waals surface area contributed by atoms with Crippen LogP contribution < -0.4 is 16.0 Å². The van der Waals surface area contributed by atoms with Gasteiger partial charge in [0.1, 0.15) is 0 Å². The SMILES string of the molecule is CCNC(=NCCNC(=O)C(C)C)NC1CCCC(S(=O)CC)C1.I. The second-order valence-corrected chi connectivity index (χ2v) is 8.51. The van der Waals surface area contributed by atoms with E-state index in [1.165, 1.54) is 0 Å². The Morgan fingerprint density at radius 3 is 2.56 bits per heavy atom. The standard InChI is InChI=1S/C17H34N4O2S.HI/c1-5-18-17(20-11-10-19-16(22)13(3)4)21-14-8-7-9-15(12-14)24(23)6-2;/h13-15H,5-12H2,1-4H3,(H,19,22)(H2,18,20,21);1H. The highest BCUT2D eigenvalue weighted by molar-refractivity contribution is 14.0. The summed E-state index contributed by atoms with van der Waals surface area (Å²) in [7, 11) is -0.717. The minimum absolute atomic E-state index is 0. The van der Waals surface area contributed by atoms with E-state index in [1.807, 2.05) is 27.7 Å². The van der Waals surface area contributed by atoms with Gasteiger partial charge >= 0.3 is 0 Å². The highest BCUT2D eigenvalue weighted by atomic mass is 127. The molecule has 0 aromatic rings. The second-order valence-electron chi connectivity index (χ2n) is 6.51. The van der Waals surface area contributed by atoms with Gasteiger partial charge in [-0.2, -0.15) is 0 Å². The third-order valence-corrected chi connectivity index (χ3v) is 5.91. The molecular formula is C17H35IN4O2S. The molecule has 0 heterocycles. The molecule has 0 radical (unpaired) electrons. The van der Waals surface area contributed by atoms with Gasteiger partial charge in [0.25, 0.3) is 0 Å². The molecule has 3 atom stereocenters. The molecule has 3 N–H and O–H groups in total. The molecule has 1 rings (SSSR count). The first kappa shape index (κ1) is 24.6. The van der Waals surface area contributed by atoms with Crippen LogP contribution in [0.2, 0.25) is 0 Å². The number of aliphatic imine (C=N–C) groups is 1. The zero-order valence-electron chi connectivity index (χ0n) is 16.0. The molecule has 25 heavy (non-hydrogen) atoms. The number of hydrogen-bond donors (Lipinski definition) is 3. The first-order chi connectivity index (χ1) is 11.5. The molecule has 0 aliphatic heterocycles. The fourth-order valence-corrected chi connectivity index (χ4v) is 4.16. The van der Waals surface area contributed by atoms with E-state index < -0.39 is 10.8 Å². The minimum Gasteiger partial charge on any atom is -0.357 e. The van der Waals surface area contributed by atoms with E-state index in [0.29, 0.717) is 24.4 Å². The third kappa shape index (κ3) is 9.77. The molecule has 0 spiro atoms. The third-order valence-electron chi connectivity index (χ3n) is 4.17. The van der Waals surface area contributed by atoms with Gasteiger partial charge in [0, 0.05) is 46.9 Å². The van der Waals surface area contributed by atoms with Gasteiger partial charge in [-0.25, -0.2) is 0 Å². The summed E-state index contributed by atoms with van der Waals surface area (Å²) in [5.41, 5.74) is 0. The highest BCUT2D eigenvalue weighted by Crippen LogP contribution is 2.22. The van der Waals surface area contributed by atoms with Crippen molar-refractivity contribution >= 4 is 46.6 Å². The van der Waals surface area contributed by atoms with Gasteiger partial charge in [0.05, 0.1) is 6.54 Å². The molecule has 0 bridgehead atoms. The first-order valence-electron chi connectivity index (χ1n) is 9.17. The number of amides is 1. The van der Waals surface area contributed by atoms with Gasteiger partial charge in [-0.15, -0.1) is 24.0 Å². The van der Waals surface area contributed by atoms with E-state index >= 15 is 0 Å². The van der Waals surface area contributed by atoms with Gasteiger partial charge in [0.15, 0.2) is 5.96 Å². The molecule has 6 nitrogen and oxygen atoms in total. The fourth-order valence-electron chi connectivity index (χ4n) is 2.81. The lowest BCUT2D eigenvalue weighted by Crippen LogP contribution is -2.47. The molecular weight excluding hydrogens is 451 g/mol. The van der Waals surface area contributed by atoms with Gasteiger partial charge in [-0.1, -0.05) is 27.2 Å². The van der Waals surface area contributed by atoms with Crippen LogP contribution in [0.1, 0.15) is 53.4 Å². The van der Waals surface area contributed by atoms with Crippen LogP contribution in [-0.4, -0.2) is 52.8 Å². The van der Waals surface area contributed by atoms with E-state index in [-0.39, 0.29) is 35.8 Å². The van der Waals surface area contributed by atoms with Crippen LogP contribution in [0.3, 0.4) is 0 Å². The van der Waals surface area contributed by atoms with Crippen LogP contribution in [0.15, 0.2) is 4.99 Å². The maximum Gasteiger partial charge on any atom is 0.222 e. The number of halogens is 1. The predicted molar refractivity (Wildman–Crippen MR) is 117 cm³/mol. The van der Waals surface area contributed by atoms with Crippen molar-refractivity contribution in [3.8, 4) is 0 Å². The van der Waals surface area contributed by atoms with E-state index in [1.54, 1.807) is 0 Å². The van der Waals surface area contributed by atoms with Crippen molar-refractivity contribution < 1.29 is 9.00 Å². The fraction of sp³-hybridized carbons (Fsp3) is 0.882. The summed E-state index contributed by atoms with van der Waals surface area (Å²) in [5, 5.41) is 9.89. The summed E-state index contributed by atoms with van der Waals surface area (Å²) >= 11 is 0. The average Bonchev–Trinajstić information content (AvgIpc) is 2.57. The Hall–Kier alpha value is -0.380. The van der Waals surface area contributed by atoms with Crippen LogP contribution in [-0.2, 0) is 15.6 Å². The number of carbonyl (C=O) groups is 1. The summed E-state index contributed by atoms with van der Waals surface area (Å²) < 4.78 is 12.1. The lowest BCUT2D eigenvalue weighted by atomic mass is 9.95. The normalized spacial score (nSPS) is 22.0. The molecule has 1 fully saturated rings. The number of hydrogen-bond acceptors (Lipinski definition) is 3. The second kappa shape index (κ2) is 13.8. The van der Waals surface area contributed by atoms with Gasteiger partial charge < -0.3 is 16.0 Å². The molecule has 1 aliphatic rings. The van der Waals surface area contributed by atoms with Crippen molar-refractivity contribution in [3.05, 3.63) is 0 Å². The lowest BCUT2D eigenvalue weighted by Gasteiger charge is -2.30. The summed E-state index contributed by atoms with van der Waals surface area (Å²) in [5.74, 6) is 1.57. The molecule has 3 unspecified atom stereocenters. The Kier molecular flexibility index (Phi) is 13.6. The van der Waals surface area contributed by atoms with Crippen LogP contribution in [0.4, 0.5) is 0 Å². The molecule has 1 saturated carbocycles. The van der Waals surface area contributed by atoms with Crippen molar-refractivity contribution in [2.75, 3.05) is 25.4 Å². The monoisotopic (exact) mass is 486 g/mol. The number of rotatable bonds is 8. The predicted octanol–water partition coefficient (Wildman–Crippen LogP) is 2.01. The number of nitrogens with one attached hydrogen (secondary N) is 3. The molecule has 1 aliphatic carbocycles. The Balaban J connectivity index is 0.00000576. The van der Waals surface area contributed by atoms with Crippen LogP contribution in [0.5, 0.6) is 0 Å². The maximum absolute atomic E-state index is 12.1.